The summed E-state index contributed by atoms with van der Waals surface area (Å²) in [6, 6.07) is 10.8. The summed E-state index contributed by atoms with van der Waals surface area (Å²) < 4.78 is 5.69. The summed E-state index contributed by atoms with van der Waals surface area (Å²) in [7, 11) is 1.80. The van der Waals surface area contributed by atoms with Crippen molar-refractivity contribution >= 4 is 11.3 Å². The fraction of sp³-hybridized carbons (Fsp3) is 0.286. The van der Waals surface area contributed by atoms with E-state index in [1.807, 2.05) is 11.3 Å². The highest BCUT2D eigenvalue weighted by molar-refractivity contribution is 7.10. The highest BCUT2D eigenvalue weighted by Crippen LogP contribution is 2.36. The molecule has 0 amide bonds. The minimum absolute atomic E-state index is 0.125. The van der Waals surface area contributed by atoms with Crippen LogP contribution in [-0.2, 0) is 17.6 Å². The molecule has 0 spiro atoms. The van der Waals surface area contributed by atoms with Gasteiger partial charge in [0, 0.05) is 12.0 Å². The van der Waals surface area contributed by atoms with E-state index in [-0.39, 0.29) is 6.10 Å². The first kappa shape index (κ1) is 10.1. The van der Waals surface area contributed by atoms with Crippen LogP contribution >= 0.6 is 11.3 Å². The largest absolute Gasteiger partial charge is 0.372 e. The summed E-state index contributed by atoms with van der Waals surface area (Å²) in [6.45, 7) is 0. The second kappa shape index (κ2) is 4.04. The van der Waals surface area contributed by atoms with Crippen molar-refractivity contribution in [2.24, 2.45) is 0 Å². The van der Waals surface area contributed by atoms with Gasteiger partial charge in [-0.2, -0.15) is 0 Å². The quantitative estimate of drug-likeness (QED) is 0.727. The number of methoxy groups -OCH3 is 1. The van der Waals surface area contributed by atoms with Gasteiger partial charge in [0.05, 0.1) is 0 Å². The fourth-order valence-electron chi connectivity index (χ4n) is 2.47. The van der Waals surface area contributed by atoms with Crippen molar-refractivity contribution in [2.45, 2.75) is 18.9 Å². The van der Waals surface area contributed by atoms with Crippen LogP contribution in [0.1, 0.15) is 27.7 Å². The Kier molecular flexibility index (Phi) is 2.54. The Morgan fingerprint density at radius 3 is 2.88 bits per heavy atom. The molecule has 82 valence electrons. The SMILES string of the molecule is COC1c2ccccc2CCc2sccc21. The molecule has 0 saturated heterocycles. The molecule has 0 fully saturated rings. The van der Waals surface area contributed by atoms with Gasteiger partial charge in [0.1, 0.15) is 6.10 Å². The van der Waals surface area contributed by atoms with Crippen LogP contribution in [-0.4, -0.2) is 7.11 Å². The Labute approximate surface area is 99.7 Å². The summed E-state index contributed by atoms with van der Waals surface area (Å²) in [6.07, 6.45) is 2.40. The first-order valence-electron chi connectivity index (χ1n) is 5.57. The van der Waals surface area contributed by atoms with Crippen molar-refractivity contribution in [3.8, 4) is 0 Å². The molecule has 0 bridgehead atoms. The summed E-state index contributed by atoms with van der Waals surface area (Å²) >= 11 is 1.85. The molecule has 1 aromatic carbocycles. The molecule has 0 N–H and O–H groups in total. The van der Waals surface area contributed by atoms with E-state index in [1.165, 1.54) is 21.6 Å². The van der Waals surface area contributed by atoms with Crippen LogP contribution in [0.15, 0.2) is 35.7 Å². The maximum Gasteiger partial charge on any atom is 0.108 e. The number of hydrogen-bond acceptors (Lipinski definition) is 2. The molecule has 1 aliphatic rings. The number of aryl methyl sites for hydroxylation is 2. The molecule has 16 heavy (non-hydrogen) atoms. The van der Waals surface area contributed by atoms with Gasteiger partial charge >= 0.3 is 0 Å². The number of benzene rings is 1. The summed E-state index contributed by atoms with van der Waals surface area (Å²) in [5.41, 5.74) is 4.12. The number of hydrogen-bond donors (Lipinski definition) is 0. The summed E-state index contributed by atoms with van der Waals surface area (Å²) in [5, 5.41) is 2.17. The molecule has 1 aromatic heterocycles. The Bertz CT molecular complexity index is 501. The lowest BCUT2D eigenvalue weighted by Gasteiger charge is -2.16. The van der Waals surface area contributed by atoms with Crippen LogP contribution in [0.5, 0.6) is 0 Å². The lowest BCUT2D eigenvalue weighted by atomic mass is 9.99. The van der Waals surface area contributed by atoms with Crippen LogP contribution in [0.25, 0.3) is 0 Å². The number of rotatable bonds is 1. The fourth-order valence-corrected chi connectivity index (χ4v) is 3.38. The van der Waals surface area contributed by atoms with Crippen molar-refractivity contribution in [2.75, 3.05) is 7.11 Å². The molecule has 0 radical (unpaired) electrons. The first-order chi connectivity index (χ1) is 7.90. The van der Waals surface area contributed by atoms with Gasteiger partial charge in [-0.3, -0.25) is 0 Å². The standard InChI is InChI=1S/C14H14OS/c1-15-14-11-5-3-2-4-10(11)6-7-13-12(14)8-9-16-13/h2-5,8-9,14H,6-7H2,1H3. The van der Waals surface area contributed by atoms with Crippen molar-refractivity contribution in [1.82, 2.24) is 0 Å². The maximum absolute atomic E-state index is 5.69. The lowest BCUT2D eigenvalue weighted by Crippen LogP contribution is -2.04. The lowest BCUT2D eigenvalue weighted by molar-refractivity contribution is 0.136. The minimum Gasteiger partial charge on any atom is -0.372 e. The number of fused-ring (bicyclic) bond motifs is 2. The van der Waals surface area contributed by atoms with Gasteiger partial charge in [0.15, 0.2) is 0 Å². The monoisotopic (exact) mass is 230 g/mol. The average Bonchev–Trinajstić information content (AvgIpc) is 2.72. The van der Waals surface area contributed by atoms with E-state index in [4.69, 9.17) is 4.74 Å². The van der Waals surface area contributed by atoms with Crippen LogP contribution in [0.3, 0.4) is 0 Å². The summed E-state index contributed by atoms with van der Waals surface area (Å²) in [5.74, 6) is 0. The predicted octanol–water partition coefficient (Wildman–Crippen LogP) is 3.58. The molecule has 1 heterocycles. The Hall–Kier alpha value is -1.12. The van der Waals surface area contributed by atoms with Crippen LogP contribution in [0.4, 0.5) is 0 Å². The van der Waals surface area contributed by atoms with E-state index in [1.54, 1.807) is 7.11 Å². The van der Waals surface area contributed by atoms with Crippen molar-refractivity contribution in [1.29, 1.82) is 0 Å². The van der Waals surface area contributed by atoms with Gasteiger partial charge in [0.25, 0.3) is 0 Å². The Balaban J connectivity index is 2.17. The smallest absolute Gasteiger partial charge is 0.108 e. The normalized spacial score (nSPS) is 18.7. The van der Waals surface area contributed by atoms with Crippen molar-refractivity contribution in [3.05, 3.63) is 57.3 Å². The molecule has 1 aliphatic carbocycles. The van der Waals surface area contributed by atoms with Gasteiger partial charge < -0.3 is 4.74 Å². The van der Waals surface area contributed by atoms with E-state index in [9.17, 15) is 0 Å². The van der Waals surface area contributed by atoms with E-state index in [0.29, 0.717) is 0 Å². The van der Waals surface area contributed by atoms with E-state index in [2.05, 4.69) is 35.7 Å². The number of thiophene rings is 1. The van der Waals surface area contributed by atoms with Crippen LogP contribution < -0.4 is 0 Å². The molecule has 1 nitrogen and oxygen atoms in total. The predicted molar refractivity (Wildman–Crippen MR) is 67.0 cm³/mol. The Morgan fingerprint density at radius 1 is 1.12 bits per heavy atom. The molecule has 0 saturated carbocycles. The van der Waals surface area contributed by atoms with Crippen molar-refractivity contribution < 1.29 is 4.74 Å². The highest BCUT2D eigenvalue weighted by Gasteiger charge is 2.23. The van der Waals surface area contributed by atoms with E-state index < -0.39 is 0 Å². The first-order valence-corrected chi connectivity index (χ1v) is 6.45. The third-order valence-corrected chi connectivity index (χ3v) is 4.25. The summed E-state index contributed by atoms with van der Waals surface area (Å²) in [4.78, 5) is 1.48. The third kappa shape index (κ3) is 1.49. The van der Waals surface area contributed by atoms with Gasteiger partial charge in [-0.05, 0) is 41.0 Å². The molecule has 1 atom stereocenters. The minimum atomic E-state index is 0.125. The number of ether oxygens (including phenoxy) is 1. The molecule has 2 heteroatoms. The Morgan fingerprint density at radius 2 is 2.00 bits per heavy atom. The van der Waals surface area contributed by atoms with Gasteiger partial charge in [-0.15, -0.1) is 11.3 Å². The third-order valence-electron chi connectivity index (χ3n) is 3.26. The second-order valence-electron chi connectivity index (χ2n) is 4.11. The van der Waals surface area contributed by atoms with Gasteiger partial charge in [-0.1, -0.05) is 24.3 Å². The molecule has 0 aliphatic heterocycles. The molecule has 2 aromatic rings. The van der Waals surface area contributed by atoms with E-state index >= 15 is 0 Å². The van der Waals surface area contributed by atoms with Crippen LogP contribution in [0, 0.1) is 0 Å². The highest BCUT2D eigenvalue weighted by atomic mass is 32.1. The van der Waals surface area contributed by atoms with Gasteiger partial charge in [0.2, 0.25) is 0 Å². The topological polar surface area (TPSA) is 9.23 Å². The zero-order valence-corrected chi connectivity index (χ0v) is 10.1. The second-order valence-corrected chi connectivity index (χ2v) is 5.11. The zero-order chi connectivity index (χ0) is 11.0. The average molecular weight is 230 g/mol. The molecular formula is C14H14OS. The van der Waals surface area contributed by atoms with Crippen LogP contribution in [0.2, 0.25) is 0 Å². The molecular weight excluding hydrogens is 216 g/mol. The molecule has 3 rings (SSSR count). The molecule has 1 unspecified atom stereocenters. The van der Waals surface area contributed by atoms with E-state index in [0.717, 1.165) is 12.8 Å². The maximum atomic E-state index is 5.69. The van der Waals surface area contributed by atoms with Crippen molar-refractivity contribution in [3.63, 3.8) is 0 Å². The zero-order valence-electron chi connectivity index (χ0n) is 9.27. The van der Waals surface area contributed by atoms with Gasteiger partial charge in [-0.25, -0.2) is 0 Å².